The number of aryl methyl sites for hydroxylation is 1. The molecular weight excluding hydrogens is 266 g/mol. The maximum atomic E-state index is 4.83. The van der Waals surface area contributed by atoms with Crippen molar-refractivity contribution in [1.29, 1.82) is 0 Å². The highest BCUT2D eigenvalue weighted by Gasteiger charge is 2.22. The van der Waals surface area contributed by atoms with Crippen LogP contribution in [0.4, 0.5) is 0 Å². The van der Waals surface area contributed by atoms with E-state index in [9.17, 15) is 0 Å². The lowest BCUT2D eigenvalue weighted by molar-refractivity contribution is 0.562. The number of hydrogen-bond acceptors (Lipinski definition) is 4. The molecule has 0 radical (unpaired) electrons. The lowest BCUT2D eigenvalue weighted by Gasteiger charge is -2.17. The maximum Gasteiger partial charge on any atom is 0.114 e. The summed E-state index contributed by atoms with van der Waals surface area (Å²) in [6.45, 7) is 11.6. The van der Waals surface area contributed by atoms with Crippen molar-refractivity contribution in [1.82, 2.24) is 15.3 Å². The van der Waals surface area contributed by atoms with E-state index in [1.165, 1.54) is 5.56 Å². The fourth-order valence-electron chi connectivity index (χ4n) is 1.97. The molecular formula is C16H23N3S. The monoisotopic (exact) mass is 289 g/mol. The van der Waals surface area contributed by atoms with E-state index in [0.717, 1.165) is 22.9 Å². The summed E-state index contributed by atoms with van der Waals surface area (Å²) in [5.74, 6) is 0. The molecule has 0 spiro atoms. The van der Waals surface area contributed by atoms with Crippen LogP contribution >= 0.6 is 11.3 Å². The topological polar surface area (TPSA) is 37.8 Å². The first-order valence-corrected chi connectivity index (χ1v) is 7.91. The number of hydrogen-bond donors (Lipinski definition) is 1. The Balaban J connectivity index is 2.33. The second-order valence-corrected chi connectivity index (χ2v) is 6.93. The number of nitrogens with one attached hydrogen (secondary N) is 1. The van der Waals surface area contributed by atoms with Gasteiger partial charge in [0.2, 0.25) is 0 Å². The molecule has 0 aliphatic rings. The SMILES string of the molecule is CCNC(c1ccc(C)nc1)c1nc(C(C)(C)C)cs1. The van der Waals surface area contributed by atoms with Crippen LogP contribution < -0.4 is 5.32 Å². The smallest absolute Gasteiger partial charge is 0.114 e. The van der Waals surface area contributed by atoms with Gasteiger partial charge in [-0.15, -0.1) is 11.3 Å². The zero-order chi connectivity index (χ0) is 14.8. The minimum atomic E-state index is 0.0943. The van der Waals surface area contributed by atoms with E-state index in [0.29, 0.717) is 0 Å². The van der Waals surface area contributed by atoms with Crippen LogP contribution in [0.15, 0.2) is 23.7 Å². The van der Waals surface area contributed by atoms with Gasteiger partial charge in [0.05, 0.1) is 11.7 Å². The molecule has 2 aromatic rings. The lowest BCUT2D eigenvalue weighted by atomic mass is 9.93. The molecule has 0 aromatic carbocycles. The van der Waals surface area contributed by atoms with Gasteiger partial charge in [0.1, 0.15) is 5.01 Å². The largest absolute Gasteiger partial charge is 0.304 e. The molecule has 0 amide bonds. The molecule has 1 N–H and O–H groups in total. The number of aromatic nitrogens is 2. The fraction of sp³-hybridized carbons (Fsp3) is 0.500. The van der Waals surface area contributed by atoms with E-state index in [4.69, 9.17) is 4.98 Å². The highest BCUT2D eigenvalue weighted by atomic mass is 32.1. The van der Waals surface area contributed by atoms with Crippen LogP contribution in [0.1, 0.15) is 55.7 Å². The average Bonchev–Trinajstić information content (AvgIpc) is 2.86. The van der Waals surface area contributed by atoms with E-state index in [2.05, 4.69) is 55.5 Å². The third kappa shape index (κ3) is 3.44. The van der Waals surface area contributed by atoms with Crippen molar-refractivity contribution >= 4 is 11.3 Å². The molecule has 0 aliphatic heterocycles. The molecule has 0 saturated carbocycles. The van der Waals surface area contributed by atoms with Crippen LogP contribution in [-0.2, 0) is 5.41 Å². The summed E-state index contributed by atoms with van der Waals surface area (Å²) in [6, 6.07) is 4.32. The Morgan fingerprint density at radius 3 is 2.55 bits per heavy atom. The summed E-state index contributed by atoms with van der Waals surface area (Å²) in [6.07, 6.45) is 1.95. The molecule has 4 heteroatoms. The quantitative estimate of drug-likeness (QED) is 0.929. The molecule has 0 fully saturated rings. The van der Waals surface area contributed by atoms with E-state index in [-0.39, 0.29) is 11.5 Å². The van der Waals surface area contributed by atoms with Crippen molar-refractivity contribution in [3.05, 3.63) is 45.7 Å². The highest BCUT2D eigenvalue weighted by Crippen LogP contribution is 2.29. The summed E-state index contributed by atoms with van der Waals surface area (Å²) in [4.78, 5) is 9.23. The standard InChI is InChI=1S/C16H23N3S/c1-6-17-14(12-8-7-11(2)18-9-12)15-19-13(10-20-15)16(3,4)5/h7-10,14,17H,6H2,1-5H3. The fourth-order valence-corrected chi connectivity index (χ4v) is 3.11. The summed E-state index contributed by atoms with van der Waals surface area (Å²) >= 11 is 1.72. The summed E-state index contributed by atoms with van der Waals surface area (Å²) in [5, 5.41) is 6.79. The lowest BCUT2D eigenvalue weighted by Crippen LogP contribution is -2.22. The predicted octanol–water partition coefficient (Wildman–Crippen LogP) is 3.84. The Kier molecular flexibility index (Phi) is 4.55. The van der Waals surface area contributed by atoms with Gasteiger partial charge in [0, 0.05) is 22.7 Å². The van der Waals surface area contributed by atoms with Crippen LogP contribution in [0.5, 0.6) is 0 Å². The molecule has 108 valence electrons. The van der Waals surface area contributed by atoms with Gasteiger partial charge in [0.15, 0.2) is 0 Å². The highest BCUT2D eigenvalue weighted by molar-refractivity contribution is 7.09. The van der Waals surface area contributed by atoms with Gasteiger partial charge in [-0.3, -0.25) is 4.98 Å². The molecule has 1 atom stereocenters. The molecule has 2 rings (SSSR count). The van der Waals surface area contributed by atoms with Crippen LogP contribution in [0.2, 0.25) is 0 Å². The molecule has 20 heavy (non-hydrogen) atoms. The van der Waals surface area contributed by atoms with Crippen LogP contribution in [-0.4, -0.2) is 16.5 Å². The Morgan fingerprint density at radius 1 is 1.30 bits per heavy atom. The molecule has 2 heterocycles. The number of nitrogens with zero attached hydrogens (tertiary/aromatic N) is 2. The van der Waals surface area contributed by atoms with Gasteiger partial charge >= 0.3 is 0 Å². The van der Waals surface area contributed by atoms with Gasteiger partial charge in [-0.2, -0.15) is 0 Å². The first-order valence-electron chi connectivity index (χ1n) is 7.03. The molecule has 0 bridgehead atoms. The van der Waals surface area contributed by atoms with E-state index in [1.54, 1.807) is 11.3 Å². The van der Waals surface area contributed by atoms with E-state index in [1.807, 2.05) is 13.1 Å². The minimum absolute atomic E-state index is 0.0943. The van der Waals surface area contributed by atoms with Crippen molar-refractivity contribution in [2.75, 3.05) is 6.54 Å². The minimum Gasteiger partial charge on any atom is -0.304 e. The first kappa shape index (κ1) is 15.1. The zero-order valence-electron chi connectivity index (χ0n) is 12.9. The van der Waals surface area contributed by atoms with Crippen molar-refractivity contribution in [2.24, 2.45) is 0 Å². The average molecular weight is 289 g/mol. The second kappa shape index (κ2) is 6.02. The van der Waals surface area contributed by atoms with Gasteiger partial charge in [0.25, 0.3) is 0 Å². The zero-order valence-corrected chi connectivity index (χ0v) is 13.7. The van der Waals surface area contributed by atoms with Crippen molar-refractivity contribution in [3.63, 3.8) is 0 Å². The third-order valence-electron chi connectivity index (χ3n) is 3.21. The first-order chi connectivity index (χ1) is 9.41. The number of thiazole rings is 1. The van der Waals surface area contributed by atoms with Crippen molar-refractivity contribution < 1.29 is 0 Å². The van der Waals surface area contributed by atoms with Crippen molar-refractivity contribution in [2.45, 2.75) is 46.1 Å². The normalized spacial score (nSPS) is 13.4. The molecule has 0 aliphatic carbocycles. The summed E-state index contributed by atoms with van der Waals surface area (Å²) < 4.78 is 0. The summed E-state index contributed by atoms with van der Waals surface area (Å²) in [7, 11) is 0. The van der Waals surface area contributed by atoms with Gasteiger partial charge in [-0.05, 0) is 25.1 Å². The van der Waals surface area contributed by atoms with E-state index >= 15 is 0 Å². The predicted molar refractivity (Wildman–Crippen MR) is 85.3 cm³/mol. The molecule has 1 unspecified atom stereocenters. The van der Waals surface area contributed by atoms with Crippen LogP contribution in [0.3, 0.4) is 0 Å². The Labute approximate surface area is 125 Å². The third-order valence-corrected chi connectivity index (χ3v) is 4.12. The van der Waals surface area contributed by atoms with Gasteiger partial charge in [-0.1, -0.05) is 33.8 Å². The van der Waals surface area contributed by atoms with Gasteiger partial charge in [-0.25, -0.2) is 4.98 Å². The van der Waals surface area contributed by atoms with E-state index < -0.39 is 0 Å². The molecule has 2 aromatic heterocycles. The second-order valence-electron chi connectivity index (χ2n) is 6.04. The summed E-state index contributed by atoms with van der Waals surface area (Å²) in [5.41, 5.74) is 3.46. The maximum absolute atomic E-state index is 4.83. The molecule has 3 nitrogen and oxygen atoms in total. The number of rotatable bonds is 4. The number of pyridine rings is 1. The van der Waals surface area contributed by atoms with Crippen LogP contribution in [0.25, 0.3) is 0 Å². The van der Waals surface area contributed by atoms with Crippen molar-refractivity contribution in [3.8, 4) is 0 Å². The Bertz CT molecular complexity index is 552. The Morgan fingerprint density at radius 2 is 2.05 bits per heavy atom. The van der Waals surface area contributed by atoms with Gasteiger partial charge < -0.3 is 5.32 Å². The molecule has 0 saturated heterocycles. The van der Waals surface area contributed by atoms with Crippen LogP contribution in [0, 0.1) is 6.92 Å². The Hall–Kier alpha value is -1.26.